The molecule has 0 aliphatic carbocycles. The number of aryl methyl sites for hydroxylation is 2. The van der Waals surface area contributed by atoms with Gasteiger partial charge in [-0.25, -0.2) is 8.42 Å². The van der Waals surface area contributed by atoms with Crippen LogP contribution < -0.4 is 9.62 Å². The van der Waals surface area contributed by atoms with Crippen molar-refractivity contribution in [1.82, 2.24) is 10.2 Å². The predicted octanol–water partition coefficient (Wildman–Crippen LogP) is 4.71. The van der Waals surface area contributed by atoms with Crippen LogP contribution in [0.3, 0.4) is 0 Å². The number of hydrogen-bond donors (Lipinski definition) is 1. The molecule has 0 saturated carbocycles. The molecule has 1 N–H and O–H groups in total. The van der Waals surface area contributed by atoms with Crippen molar-refractivity contribution in [1.29, 1.82) is 0 Å². The first-order valence-corrected chi connectivity index (χ1v) is 14.0. The second-order valence-corrected chi connectivity index (χ2v) is 11.3. The van der Waals surface area contributed by atoms with E-state index in [1.54, 1.807) is 31.2 Å². The van der Waals surface area contributed by atoms with Crippen LogP contribution in [0.5, 0.6) is 0 Å². The van der Waals surface area contributed by atoms with Gasteiger partial charge in [-0.3, -0.25) is 13.9 Å². The van der Waals surface area contributed by atoms with Crippen molar-refractivity contribution in [3.05, 3.63) is 63.1 Å². The van der Waals surface area contributed by atoms with E-state index in [1.165, 1.54) is 9.21 Å². The SMILES string of the molecule is CCNC(=O)C(C)N(Cc1ccc(Cl)c(Cl)c1)C(=O)CCCN(c1ccc(C)c(C)c1)S(C)(=O)=O. The maximum Gasteiger partial charge on any atom is 0.242 e. The number of nitrogens with one attached hydrogen (secondary N) is 1. The average molecular weight is 543 g/mol. The largest absolute Gasteiger partial charge is 0.355 e. The minimum atomic E-state index is -3.54. The molecule has 0 aromatic heterocycles. The first kappa shape index (κ1) is 28.9. The van der Waals surface area contributed by atoms with Gasteiger partial charge in [-0.1, -0.05) is 35.3 Å². The summed E-state index contributed by atoms with van der Waals surface area (Å²) in [5.41, 5.74) is 3.34. The molecule has 1 unspecified atom stereocenters. The molecule has 0 aliphatic rings. The van der Waals surface area contributed by atoms with Crippen LogP contribution in [0.15, 0.2) is 36.4 Å². The van der Waals surface area contributed by atoms with Gasteiger partial charge in [0.15, 0.2) is 0 Å². The Morgan fingerprint density at radius 1 is 1.03 bits per heavy atom. The highest BCUT2D eigenvalue weighted by molar-refractivity contribution is 7.92. The summed E-state index contributed by atoms with van der Waals surface area (Å²) in [7, 11) is -3.54. The van der Waals surface area contributed by atoms with Crippen molar-refractivity contribution in [2.45, 2.75) is 53.1 Å². The van der Waals surface area contributed by atoms with Gasteiger partial charge in [0.2, 0.25) is 21.8 Å². The van der Waals surface area contributed by atoms with E-state index in [1.807, 2.05) is 32.9 Å². The van der Waals surface area contributed by atoms with Gasteiger partial charge in [-0.05, 0) is 75.1 Å². The van der Waals surface area contributed by atoms with Crippen molar-refractivity contribution >= 4 is 50.7 Å². The fourth-order valence-electron chi connectivity index (χ4n) is 3.62. The Labute approximate surface area is 218 Å². The first-order valence-electron chi connectivity index (χ1n) is 11.4. The molecule has 10 heteroatoms. The van der Waals surface area contributed by atoms with Crippen LogP contribution >= 0.6 is 23.2 Å². The van der Waals surface area contributed by atoms with E-state index >= 15 is 0 Å². The lowest BCUT2D eigenvalue weighted by Gasteiger charge is -2.29. The standard InChI is InChI=1S/C25H33Cl2N3O4S/c1-6-28-25(32)19(4)29(16-20-10-12-22(26)23(27)15-20)24(31)8-7-13-30(35(5,33)34)21-11-9-17(2)18(3)14-21/h9-12,14-15,19H,6-8,13,16H2,1-5H3,(H,28,32). The van der Waals surface area contributed by atoms with Gasteiger partial charge >= 0.3 is 0 Å². The number of likely N-dealkylation sites (N-methyl/N-ethyl adjacent to an activating group) is 1. The number of sulfonamides is 1. The molecule has 0 radical (unpaired) electrons. The summed E-state index contributed by atoms with van der Waals surface area (Å²) < 4.78 is 26.2. The van der Waals surface area contributed by atoms with Crippen LogP contribution in [0.2, 0.25) is 10.0 Å². The molecule has 0 spiro atoms. The van der Waals surface area contributed by atoms with E-state index in [9.17, 15) is 18.0 Å². The molecule has 0 bridgehead atoms. The first-order chi connectivity index (χ1) is 16.3. The van der Waals surface area contributed by atoms with Crippen molar-refractivity contribution in [3.63, 3.8) is 0 Å². The molecule has 2 rings (SSSR count). The third kappa shape index (κ3) is 8.12. The Balaban J connectivity index is 2.19. The van der Waals surface area contributed by atoms with E-state index < -0.39 is 16.1 Å². The van der Waals surface area contributed by atoms with Gasteiger partial charge in [0.05, 0.1) is 22.0 Å². The van der Waals surface area contributed by atoms with Crippen molar-refractivity contribution in [2.75, 3.05) is 23.7 Å². The number of carbonyl (C=O) groups is 2. The number of amides is 2. The zero-order valence-electron chi connectivity index (χ0n) is 20.8. The molecule has 35 heavy (non-hydrogen) atoms. The zero-order chi connectivity index (χ0) is 26.3. The average Bonchev–Trinajstić information content (AvgIpc) is 2.78. The van der Waals surface area contributed by atoms with E-state index in [4.69, 9.17) is 23.2 Å². The molecule has 0 heterocycles. The molecular weight excluding hydrogens is 509 g/mol. The highest BCUT2D eigenvalue weighted by atomic mass is 35.5. The summed E-state index contributed by atoms with van der Waals surface area (Å²) in [5.74, 6) is -0.530. The molecule has 1 atom stereocenters. The topological polar surface area (TPSA) is 86.8 Å². The normalized spacial score (nSPS) is 12.2. The molecule has 192 valence electrons. The third-order valence-electron chi connectivity index (χ3n) is 5.79. The number of anilines is 1. The van der Waals surface area contributed by atoms with Gasteiger partial charge in [0, 0.05) is 26.1 Å². The Morgan fingerprint density at radius 2 is 1.71 bits per heavy atom. The quantitative estimate of drug-likeness (QED) is 0.446. The molecule has 0 saturated heterocycles. The summed E-state index contributed by atoms with van der Waals surface area (Å²) in [5, 5.41) is 3.51. The Bertz CT molecular complexity index is 1170. The lowest BCUT2D eigenvalue weighted by Crippen LogP contribution is -2.47. The van der Waals surface area contributed by atoms with Crippen LogP contribution in [0.25, 0.3) is 0 Å². The summed E-state index contributed by atoms with van der Waals surface area (Å²) in [6.45, 7) is 8.11. The Kier molecular flexibility index (Phi) is 10.4. The minimum absolute atomic E-state index is 0.0714. The van der Waals surface area contributed by atoms with Gasteiger partial charge in [-0.15, -0.1) is 0 Å². The number of benzene rings is 2. The van der Waals surface area contributed by atoms with Crippen LogP contribution in [-0.2, 0) is 26.2 Å². The maximum atomic E-state index is 13.2. The van der Waals surface area contributed by atoms with Gasteiger partial charge in [0.25, 0.3) is 0 Å². The van der Waals surface area contributed by atoms with E-state index in [0.29, 0.717) is 28.7 Å². The fraction of sp³-hybridized carbons (Fsp3) is 0.440. The number of halogens is 2. The lowest BCUT2D eigenvalue weighted by molar-refractivity contribution is -0.140. The summed E-state index contributed by atoms with van der Waals surface area (Å²) in [6.07, 6.45) is 1.51. The number of carbonyl (C=O) groups excluding carboxylic acids is 2. The number of nitrogens with zero attached hydrogens (tertiary/aromatic N) is 2. The minimum Gasteiger partial charge on any atom is -0.355 e. The van der Waals surface area contributed by atoms with Crippen LogP contribution in [-0.4, -0.2) is 50.5 Å². The molecule has 7 nitrogen and oxygen atoms in total. The van der Waals surface area contributed by atoms with Crippen molar-refractivity contribution in [3.8, 4) is 0 Å². The molecular formula is C25H33Cl2N3O4S. The smallest absolute Gasteiger partial charge is 0.242 e. The second-order valence-electron chi connectivity index (χ2n) is 8.55. The monoisotopic (exact) mass is 541 g/mol. The summed E-state index contributed by atoms with van der Waals surface area (Å²) in [4.78, 5) is 27.2. The Morgan fingerprint density at radius 3 is 2.29 bits per heavy atom. The number of rotatable bonds is 11. The lowest BCUT2D eigenvalue weighted by atomic mass is 10.1. The highest BCUT2D eigenvalue weighted by Gasteiger charge is 2.26. The second kappa shape index (κ2) is 12.6. The van der Waals surface area contributed by atoms with E-state index in [-0.39, 0.29) is 31.3 Å². The van der Waals surface area contributed by atoms with Crippen molar-refractivity contribution in [2.24, 2.45) is 0 Å². The fourth-order valence-corrected chi connectivity index (χ4v) is 4.90. The van der Waals surface area contributed by atoms with Gasteiger partial charge in [-0.2, -0.15) is 0 Å². The molecule has 2 aromatic carbocycles. The molecule has 0 fully saturated rings. The van der Waals surface area contributed by atoms with Crippen LogP contribution in [0.1, 0.15) is 43.4 Å². The molecule has 2 amide bonds. The number of hydrogen-bond acceptors (Lipinski definition) is 4. The van der Waals surface area contributed by atoms with E-state index in [2.05, 4.69) is 5.32 Å². The third-order valence-corrected chi connectivity index (χ3v) is 7.72. The maximum absolute atomic E-state index is 13.2. The van der Waals surface area contributed by atoms with E-state index in [0.717, 1.165) is 22.9 Å². The zero-order valence-corrected chi connectivity index (χ0v) is 23.1. The van der Waals surface area contributed by atoms with Gasteiger partial charge in [0.1, 0.15) is 6.04 Å². The summed E-state index contributed by atoms with van der Waals surface area (Å²) in [6, 6.07) is 9.81. The van der Waals surface area contributed by atoms with Crippen LogP contribution in [0, 0.1) is 13.8 Å². The molecule has 0 aliphatic heterocycles. The van der Waals surface area contributed by atoms with Gasteiger partial charge < -0.3 is 10.2 Å². The highest BCUT2D eigenvalue weighted by Crippen LogP contribution is 2.25. The summed E-state index contributed by atoms with van der Waals surface area (Å²) >= 11 is 12.1. The molecule has 2 aromatic rings. The predicted molar refractivity (Wildman–Crippen MR) is 142 cm³/mol. The van der Waals surface area contributed by atoms with Crippen LogP contribution in [0.4, 0.5) is 5.69 Å². The Hall–Kier alpha value is -2.29. The van der Waals surface area contributed by atoms with Crippen molar-refractivity contribution < 1.29 is 18.0 Å².